The highest BCUT2D eigenvalue weighted by molar-refractivity contribution is 6.08. The number of carbonyl (C=O) groups excluding carboxylic acids is 2. The molecular formula is C22H19N5O2. The number of aromatic amines is 1. The fourth-order valence-electron chi connectivity index (χ4n) is 2.97. The van der Waals surface area contributed by atoms with E-state index in [4.69, 9.17) is 0 Å². The van der Waals surface area contributed by atoms with Gasteiger partial charge >= 0.3 is 0 Å². The van der Waals surface area contributed by atoms with E-state index in [1.54, 1.807) is 48.7 Å². The summed E-state index contributed by atoms with van der Waals surface area (Å²) in [6.07, 6.45) is 1.56. The van der Waals surface area contributed by atoms with Gasteiger partial charge in [-0.15, -0.1) is 0 Å². The second kappa shape index (κ2) is 7.55. The van der Waals surface area contributed by atoms with E-state index < -0.39 is 0 Å². The molecule has 7 nitrogen and oxygen atoms in total. The SMILES string of the molecule is Cc1ccc(C(=O)Nc2cnc3n[nH]c(C)c3c2)cc1NC(=O)c1ccccc1. The number of pyridine rings is 1. The Bertz CT molecular complexity index is 1210. The molecule has 4 rings (SSSR count). The normalized spacial score (nSPS) is 10.7. The van der Waals surface area contributed by atoms with E-state index in [1.165, 1.54) is 0 Å². The first-order valence-corrected chi connectivity index (χ1v) is 9.10. The van der Waals surface area contributed by atoms with E-state index in [0.717, 1.165) is 16.6 Å². The minimum atomic E-state index is -0.289. The Hall–Kier alpha value is -4.00. The van der Waals surface area contributed by atoms with Crippen LogP contribution in [0.3, 0.4) is 0 Å². The zero-order chi connectivity index (χ0) is 20.4. The number of nitrogens with zero attached hydrogens (tertiary/aromatic N) is 2. The maximum absolute atomic E-state index is 12.7. The van der Waals surface area contributed by atoms with Crippen molar-refractivity contribution in [1.29, 1.82) is 0 Å². The first-order chi connectivity index (χ1) is 14.0. The second-order valence-corrected chi connectivity index (χ2v) is 6.75. The monoisotopic (exact) mass is 385 g/mol. The Balaban J connectivity index is 1.54. The highest BCUT2D eigenvalue weighted by Crippen LogP contribution is 2.21. The molecule has 7 heteroatoms. The van der Waals surface area contributed by atoms with E-state index >= 15 is 0 Å². The van der Waals surface area contributed by atoms with Crippen LogP contribution >= 0.6 is 0 Å². The van der Waals surface area contributed by atoms with E-state index in [9.17, 15) is 9.59 Å². The molecule has 0 unspecified atom stereocenters. The van der Waals surface area contributed by atoms with Crippen molar-refractivity contribution in [3.63, 3.8) is 0 Å². The van der Waals surface area contributed by atoms with Crippen LogP contribution in [0.1, 0.15) is 32.0 Å². The van der Waals surface area contributed by atoms with Gasteiger partial charge in [-0.05, 0) is 49.7 Å². The molecule has 0 atom stereocenters. The molecular weight excluding hydrogens is 366 g/mol. The molecule has 2 amide bonds. The van der Waals surface area contributed by atoms with Gasteiger partial charge in [-0.3, -0.25) is 14.7 Å². The first-order valence-electron chi connectivity index (χ1n) is 9.10. The third kappa shape index (κ3) is 3.84. The Morgan fingerprint density at radius 3 is 2.45 bits per heavy atom. The molecule has 144 valence electrons. The van der Waals surface area contributed by atoms with Crippen LogP contribution in [0.4, 0.5) is 11.4 Å². The lowest BCUT2D eigenvalue weighted by Gasteiger charge is -2.11. The average molecular weight is 385 g/mol. The number of H-pyrrole nitrogens is 1. The maximum atomic E-state index is 12.7. The smallest absolute Gasteiger partial charge is 0.255 e. The first kappa shape index (κ1) is 18.4. The largest absolute Gasteiger partial charge is 0.322 e. The van der Waals surface area contributed by atoms with Crippen LogP contribution in [-0.2, 0) is 0 Å². The lowest BCUT2D eigenvalue weighted by molar-refractivity contribution is 0.101. The maximum Gasteiger partial charge on any atom is 0.255 e. The van der Waals surface area contributed by atoms with Crippen molar-refractivity contribution in [1.82, 2.24) is 15.2 Å². The number of fused-ring (bicyclic) bond motifs is 1. The number of rotatable bonds is 4. The second-order valence-electron chi connectivity index (χ2n) is 6.75. The number of benzene rings is 2. The molecule has 0 aliphatic heterocycles. The summed E-state index contributed by atoms with van der Waals surface area (Å²) in [7, 11) is 0. The zero-order valence-electron chi connectivity index (χ0n) is 16.0. The number of hydrogen-bond donors (Lipinski definition) is 3. The number of aryl methyl sites for hydroxylation is 2. The van der Waals surface area contributed by atoms with Crippen molar-refractivity contribution in [2.75, 3.05) is 10.6 Å². The van der Waals surface area contributed by atoms with Crippen molar-refractivity contribution >= 4 is 34.2 Å². The van der Waals surface area contributed by atoms with E-state index in [-0.39, 0.29) is 11.8 Å². The predicted molar refractivity (Wildman–Crippen MR) is 112 cm³/mol. The summed E-state index contributed by atoms with van der Waals surface area (Å²) in [5.41, 5.74) is 4.49. The molecule has 2 aromatic carbocycles. The molecule has 2 heterocycles. The number of aromatic nitrogens is 3. The van der Waals surface area contributed by atoms with Gasteiger partial charge in [0.15, 0.2) is 5.65 Å². The molecule has 0 saturated carbocycles. The minimum absolute atomic E-state index is 0.226. The predicted octanol–water partition coefficient (Wildman–Crippen LogP) is 4.08. The van der Waals surface area contributed by atoms with Crippen LogP contribution in [-0.4, -0.2) is 27.0 Å². The van der Waals surface area contributed by atoms with Crippen LogP contribution < -0.4 is 10.6 Å². The van der Waals surface area contributed by atoms with E-state index in [2.05, 4.69) is 25.8 Å². The number of nitrogens with one attached hydrogen (secondary N) is 3. The molecule has 0 radical (unpaired) electrons. The molecule has 0 bridgehead atoms. The van der Waals surface area contributed by atoms with Crippen LogP contribution in [0.15, 0.2) is 60.8 Å². The molecule has 0 fully saturated rings. The van der Waals surface area contributed by atoms with Crippen LogP contribution in [0.2, 0.25) is 0 Å². The molecule has 4 aromatic rings. The van der Waals surface area contributed by atoms with Gasteiger partial charge in [0, 0.05) is 27.9 Å². The van der Waals surface area contributed by atoms with Crippen molar-refractivity contribution in [3.8, 4) is 0 Å². The van der Waals surface area contributed by atoms with Crippen LogP contribution in [0.25, 0.3) is 11.0 Å². The zero-order valence-corrected chi connectivity index (χ0v) is 16.0. The molecule has 0 aliphatic carbocycles. The fraction of sp³-hybridized carbons (Fsp3) is 0.0909. The van der Waals surface area contributed by atoms with Gasteiger partial charge in [-0.1, -0.05) is 24.3 Å². The number of anilines is 2. The number of amides is 2. The Labute approximate surface area is 167 Å². The van der Waals surface area contributed by atoms with Crippen molar-refractivity contribution < 1.29 is 9.59 Å². The summed E-state index contributed by atoms with van der Waals surface area (Å²) in [5.74, 6) is -0.515. The molecule has 29 heavy (non-hydrogen) atoms. The lowest BCUT2D eigenvalue weighted by Crippen LogP contribution is -2.15. The number of hydrogen-bond acceptors (Lipinski definition) is 4. The van der Waals surface area contributed by atoms with Crippen LogP contribution in [0, 0.1) is 13.8 Å². The third-order valence-electron chi connectivity index (χ3n) is 4.64. The Morgan fingerprint density at radius 1 is 0.897 bits per heavy atom. The van der Waals surface area contributed by atoms with Gasteiger partial charge in [0.2, 0.25) is 0 Å². The molecule has 3 N–H and O–H groups in total. The summed E-state index contributed by atoms with van der Waals surface area (Å²) in [4.78, 5) is 29.4. The lowest BCUT2D eigenvalue weighted by atomic mass is 10.1. The van der Waals surface area contributed by atoms with Crippen LogP contribution in [0.5, 0.6) is 0 Å². The molecule has 0 aliphatic rings. The Morgan fingerprint density at radius 2 is 1.66 bits per heavy atom. The molecule has 2 aromatic heterocycles. The number of carbonyl (C=O) groups is 2. The summed E-state index contributed by atoms with van der Waals surface area (Å²) >= 11 is 0. The minimum Gasteiger partial charge on any atom is -0.322 e. The van der Waals surface area contributed by atoms with E-state index in [0.29, 0.717) is 28.1 Å². The topological polar surface area (TPSA) is 99.8 Å². The third-order valence-corrected chi connectivity index (χ3v) is 4.64. The van der Waals surface area contributed by atoms with Gasteiger partial charge in [0.05, 0.1) is 11.9 Å². The van der Waals surface area contributed by atoms with Crippen molar-refractivity contribution in [2.24, 2.45) is 0 Å². The molecule has 0 saturated heterocycles. The quantitative estimate of drug-likeness (QED) is 0.493. The van der Waals surface area contributed by atoms with Gasteiger partial charge in [0.1, 0.15) is 0 Å². The van der Waals surface area contributed by atoms with Gasteiger partial charge in [-0.25, -0.2) is 4.98 Å². The summed E-state index contributed by atoms with van der Waals surface area (Å²) in [6.45, 7) is 3.77. The highest BCUT2D eigenvalue weighted by atomic mass is 16.2. The summed E-state index contributed by atoms with van der Waals surface area (Å²) < 4.78 is 0. The summed E-state index contributed by atoms with van der Waals surface area (Å²) in [6, 6.07) is 16.0. The molecule has 0 spiro atoms. The van der Waals surface area contributed by atoms with Gasteiger partial charge in [0.25, 0.3) is 11.8 Å². The fourth-order valence-corrected chi connectivity index (χ4v) is 2.97. The van der Waals surface area contributed by atoms with Gasteiger partial charge in [-0.2, -0.15) is 5.10 Å². The Kier molecular flexibility index (Phi) is 4.78. The van der Waals surface area contributed by atoms with E-state index in [1.807, 2.05) is 26.0 Å². The van der Waals surface area contributed by atoms with Crippen molar-refractivity contribution in [2.45, 2.75) is 13.8 Å². The highest BCUT2D eigenvalue weighted by Gasteiger charge is 2.13. The standard InChI is InChI=1S/C22H19N5O2/c1-13-8-9-16(10-19(13)25-21(28)15-6-4-3-5-7-15)22(29)24-17-11-18-14(2)26-27-20(18)23-12-17/h3-12H,1-2H3,(H,24,29)(H,25,28)(H,23,26,27). The van der Waals surface area contributed by atoms with Gasteiger partial charge < -0.3 is 10.6 Å². The summed E-state index contributed by atoms with van der Waals surface area (Å²) in [5, 5.41) is 13.5. The van der Waals surface area contributed by atoms with Crippen molar-refractivity contribution in [3.05, 3.63) is 83.2 Å². The average Bonchev–Trinajstić information content (AvgIpc) is 3.10.